The molecule has 0 aliphatic carbocycles. The molecular formula is C14H19FN4O. The molecule has 1 aromatic rings. The molecule has 3 heterocycles. The molecule has 20 heavy (non-hydrogen) atoms. The fourth-order valence-electron chi connectivity index (χ4n) is 3.25. The van der Waals surface area contributed by atoms with Crippen molar-refractivity contribution in [2.24, 2.45) is 0 Å². The molecular weight excluding hydrogens is 259 g/mol. The van der Waals surface area contributed by atoms with Crippen molar-refractivity contribution in [3.05, 3.63) is 23.6 Å². The number of nitrogens with two attached hydrogens (primary N) is 1. The maximum Gasteiger partial charge on any atom is 0.257 e. The van der Waals surface area contributed by atoms with Crippen molar-refractivity contribution in [1.82, 2.24) is 14.8 Å². The van der Waals surface area contributed by atoms with E-state index in [0.717, 1.165) is 19.5 Å². The molecule has 2 unspecified atom stereocenters. The highest BCUT2D eigenvalue weighted by Gasteiger charge is 2.37. The molecule has 0 saturated carbocycles. The Kier molecular flexibility index (Phi) is 3.33. The van der Waals surface area contributed by atoms with Gasteiger partial charge in [0.05, 0.1) is 5.56 Å². The number of piperazine rings is 1. The van der Waals surface area contributed by atoms with Crippen molar-refractivity contribution in [2.45, 2.75) is 31.8 Å². The van der Waals surface area contributed by atoms with Gasteiger partial charge in [-0.2, -0.15) is 0 Å². The zero-order chi connectivity index (χ0) is 14.3. The molecule has 2 aliphatic heterocycles. The van der Waals surface area contributed by atoms with E-state index in [4.69, 9.17) is 5.73 Å². The van der Waals surface area contributed by atoms with Gasteiger partial charge in [0.15, 0.2) is 11.6 Å². The lowest BCUT2D eigenvalue weighted by atomic mass is 10.1. The van der Waals surface area contributed by atoms with Crippen LogP contribution in [0.1, 0.15) is 30.1 Å². The highest BCUT2D eigenvalue weighted by molar-refractivity contribution is 5.95. The summed E-state index contributed by atoms with van der Waals surface area (Å²) in [6, 6.07) is 1.91. The third-order valence-corrected chi connectivity index (χ3v) is 4.34. The number of nitrogen functional groups attached to an aromatic ring is 1. The fourth-order valence-corrected chi connectivity index (χ4v) is 3.25. The van der Waals surface area contributed by atoms with Crippen molar-refractivity contribution < 1.29 is 9.18 Å². The smallest absolute Gasteiger partial charge is 0.257 e. The van der Waals surface area contributed by atoms with Crippen LogP contribution in [0.3, 0.4) is 0 Å². The number of halogens is 1. The van der Waals surface area contributed by atoms with Crippen LogP contribution in [0.5, 0.6) is 0 Å². The molecule has 6 heteroatoms. The third-order valence-electron chi connectivity index (χ3n) is 4.34. The summed E-state index contributed by atoms with van der Waals surface area (Å²) in [5.74, 6) is -1.21. The van der Waals surface area contributed by atoms with E-state index in [0.29, 0.717) is 12.6 Å². The maximum atomic E-state index is 14.0. The van der Waals surface area contributed by atoms with Crippen molar-refractivity contribution in [3.8, 4) is 0 Å². The van der Waals surface area contributed by atoms with Gasteiger partial charge in [-0.3, -0.25) is 9.69 Å². The number of aromatic nitrogens is 1. The summed E-state index contributed by atoms with van der Waals surface area (Å²) in [4.78, 5) is 20.4. The Morgan fingerprint density at radius 1 is 1.50 bits per heavy atom. The first-order valence-corrected chi connectivity index (χ1v) is 7.03. The zero-order valence-electron chi connectivity index (χ0n) is 11.6. The van der Waals surface area contributed by atoms with Crippen LogP contribution in [0.25, 0.3) is 0 Å². The number of anilines is 1. The quantitative estimate of drug-likeness (QED) is 0.836. The molecule has 108 valence electrons. The second-order valence-corrected chi connectivity index (χ2v) is 5.66. The van der Waals surface area contributed by atoms with Gasteiger partial charge in [-0.15, -0.1) is 0 Å². The maximum absolute atomic E-state index is 14.0. The first-order chi connectivity index (χ1) is 9.58. The molecule has 2 N–H and O–H groups in total. The first-order valence-electron chi connectivity index (χ1n) is 7.03. The summed E-state index contributed by atoms with van der Waals surface area (Å²) >= 11 is 0. The highest BCUT2D eigenvalue weighted by atomic mass is 19.1. The number of nitrogens with zero attached hydrogens (tertiary/aromatic N) is 3. The lowest BCUT2D eigenvalue weighted by molar-refractivity contribution is 0.0391. The number of hydrogen-bond acceptors (Lipinski definition) is 4. The monoisotopic (exact) mass is 278 g/mol. The SMILES string of the molecule is CC1CN2CCCC2CN1C(=O)c1ccnc(N)c1F. The highest BCUT2D eigenvalue weighted by Crippen LogP contribution is 2.26. The standard InChI is InChI=1S/C14H19FN4O/c1-9-7-18-6-2-3-10(18)8-19(9)14(20)11-4-5-17-13(16)12(11)15/h4-5,9-10H,2-3,6-8H2,1H3,(H2,16,17). The Morgan fingerprint density at radius 3 is 3.10 bits per heavy atom. The average molecular weight is 278 g/mol. The predicted molar refractivity (Wildman–Crippen MR) is 73.7 cm³/mol. The average Bonchev–Trinajstić information content (AvgIpc) is 2.87. The molecule has 0 spiro atoms. The van der Waals surface area contributed by atoms with Gasteiger partial charge >= 0.3 is 0 Å². The van der Waals surface area contributed by atoms with Crippen molar-refractivity contribution in [2.75, 3.05) is 25.4 Å². The van der Waals surface area contributed by atoms with Gasteiger partial charge in [0, 0.05) is 31.4 Å². The second kappa shape index (κ2) is 5.01. The molecule has 0 radical (unpaired) electrons. The Morgan fingerprint density at radius 2 is 2.30 bits per heavy atom. The number of hydrogen-bond donors (Lipinski definition) is 1. The van der Waals surface area contributed by atoms with Gasteiger partial charge in [-0.25, -0.2) is 9.37 Å². The van der Waals surface area contributed by atoms with Gasteiger partial charge in [-0.1, -0.05) is 0 Å². The van der Waals surface area contributed by atoms with E-state index in [1.54, 1.807) is 4.90 Å². The zero-order valence-corrected chi connectivity index (χ0v) is 11.6. The number of carbonyl (C=O) groups excluding carboxylic acids is 1. The van der Waals surface area contributed by atoms with Crippen LogP contribution in [0.15, 0.2) is 12.3 Å². The normalized spacial score (nSPS) is 26.6. The number of rotatable bonds is 1. The van der Waals surface area contributed by atoms with Crippen LogP contribution in [-0.2, 0) is 0 Å². The van der Waals surface area contributed by atoms with E-state index in [1.165, 1.54) is 18.7 Å². The van der Waals surface area contributed by atoms with Gasteiger partial charge < -0.3 is 10.6 Å². The molecule has 2 saturated heterocycles. The van der Waals surface area contributed by atoms with Crippen molar-refractivity contribution in [1.29, 1.82) is 0 Å². The van der Waals surface area contributed by atoms with Gasteiger partial charge in [-0.05, 0) is 32.4 Å². The van der Waals surface area contributed by atoms with Gasteiger partial charge in [0.1, 0.15) is 0 Å². The lowest BCUT2D eigenvalue weighted by Gasteiger charge is -2.42. The van der Waals surface area contributed by atoms with Crippen LogP contribution in [0, 0.1) is 5.82 Å². The second-order valence-electron chi connectivity index (χ2n) is 5.66. The summed E-state index contributed by atoms with van der Waals surface area (Å²) in [5, 5.41) is 0. The minimum atomic E-state index is -0.710. The van der Waals surface area contributed by atoms with Crippen LogP contribution in [-0.4, -0.2) is 52.4 Å². The van der Waals surface area contributed by atoms with Crippen molar-refractivity contribution >= 4 is 11.7 Å². The van der Waals surface area contributed by atoms with Crippen LogP contribution < -0.4 is 5.73 Å². The molecule has 5 nitrogen and oxygen atoms in total. The first kappa shape index (κ1) is 13.3. The lowest BCUT2D eigenvalue weighted by Crippen LogP contribution is -2.56. The van der Waals surface area contributed by atoms with Crippen LogP contribution in [0.4, 0.5) is 10.2 Å². The Labute approximate surface area is 117 Å². The molecule has 0 bridgehead atoms. The molecule has 0 aromatic carbocycles. The minimum absolute atomic E-state index is 0.0239. The van der Waals surface area contributed by atoms with E-state index < -0.39 is 5.82 Å². The topological polar surface area (TPSA) is 62.5 Å². The summed E-state index contributed by atoms with van der Waals surface area (Å²) in [5.41, 5.74) is 5.47. The van der Waals surface area contributed by atoms with E-state index in [1.807, 2.05) is 6.92 Å². The third kappa shape index (κ3) is 2.14. The van der Waals surface area contributed by atoms with Crippen LogP contribution in [0.2, 0.25) is 0 Å². The molecule has 2 fully saturated rings. The van der Waals surface area contributed by atoms with E-state index in [-0.39, 0.29) is 23.3 Å². The van der Waals surface area contributed by atoms with Gasteiger partial charge in [0.2, 0.25) is 0 Å². The number of carbonyl (C=O) groups is 1. The van der Waals surface area contributed by atoms with Gasteiger partial charge in [0.25, 0.3) is 5.91 Å². The predicted octanol–water partition coefficient (Wildman–Crippen LogP) is 1.11. The number of fused-ring (bicyclic) bond motifs is 1. The summed E-state index contributed by atoms with van der Waals surface area (Å²) < 4.78 is 14.0. The molecule has 2 atom stereocenters. The Bertz CT molecular complexity index is 536. The van der Waals surface area contributed by atoms with E-state index in [2.05, 4.69) is 9.88 Å². The summed E-state index contributed by atoms with van der Waals surface area (Å²) in [7, 11) is 0. The largest absolute Gasteiger partial charge is 0.381 e. The van der Waals surface area contributed by atoms with E-state index >= 15 is 0 Å². The van der Waals surface area contributed by atoms with Crippen LogP contribution >= 0.6 is 0 Å². The summed E-state index contributed by atoms with van der Waals surface area (Å²) in [6.07, 6.45) is 3.66. The minimum Gasteiger partial charge on any atom is -0.381 e. The summed E-state index contributed by atoms with van der Waals surface area (Å²) in [6.45, 7) is 4.64. The molecule has 3 rings (SSSR count). The molecule has 1 aromatic heterocycles. The molecule has 2 aliphatic rings. The Balaban J connectivity index is 1.84. The van der Waals surface area contributed by atoms with E-state index in [9.17, 15) is 9.18 Å². The fraction of sp³-hybridized carbons (Fsp3) is 0.571. The Hall–Kier alpha value is -1.69. The number of pyridine rings is 1. The molecule has 1 amide bonds. The number of amides is 1. The van der Waals surface area contributed by atoms with Crippen molar-refractivity contribution in [3.63, 3.8) is 0 Å².